The molecule has 1 aromatic carbocycles. The van der Waals surface area contributed by atoms with Gasteiger partial charge in [0.2, 0.25) is 0 Å². The van der Waals surface area contributed by atoms with E-state index in [0.717, 1.165) is 5.75 Å². The molecule has 1 rings (SSSR count). The minimum atomic E-state index is 0.338. The molecular formula is C15H25NO. The fraction of sp³-hybridized carbons (Fsp3) is 0.600. The number of hydrogen-bond donors (Lipinski definition) is 1. The summed E-state index contributed by atoms with van der Waals surface area (Å²) in [6, 6.07) is 6.71. The van der Waals surface area contributed by atoms with Crippen molar-refractivity contribution < 1.29 is 4.74 Å². The maximum atomic E-state index is 5.47. The first-order valence-corrected chi connectivity index (χ1v) is 6.33. The molecule has 2 heteroatoms. The van der Waals surface area contributed by atoms with Crippen LogP contribution in [0.4, 0.5) is 0 Å². The van der Waals surface area contributed by atoms with Gasteiger partial charge in [0.05, 0.1) is 7.11 Å². The van der Waals surface area contributed by atoms with Crippen molar-refractivity contribution in [1.82, 2.24) is 5.32 Å². The average Bonchev–Trinajstić information content (AvgIpc) is 2.30. The Morgan fingerprint density at radius 3 is 2.29 bits per heavy atom. The van der Waals surface area contributed by atoms with Crippen molar-refractivity contribution in [1.29, 1.82) is 0 Å². The zero-order chi connectivity index (χ0) is 13.0. The van der Waals surface area contributed by atoms with Crippen molar-refractivity contribution in [2.45, 2.75) is 33.7 Å². The van der Waals surface area contributed by atoms with E-state index < -0.39 is 0 Å². The van der Waals surface area contributed by atoms with E-state index in [4.69, 9.17) is 4.74 Å². The SMILES string of the molecule is CNC(c1cc(C)ccc1OC)C(C)C(C)C. The van der Waals surface area contributed by atoms with E-state index in [1.807, 2.05) is 7.05 Å². The normalized spacial score (nSPS) is 14.8. The lowest BCUT2D eigenvalue weighted by atomic mass is 9.85. The molecule has 2 atom stereocenters. The van der Waals surface area contributed by atoms with Crippen molar-refractivity contribution in [2.24, 2.45) is 11.8 Å². The number of rotatable bonds is 5. The second kappa shape index (κ2) is 6.06. The van der Waals surface area contributed by atoms with Crippen molar-refractivity contribution in [3.8, 4) is 5.75 Å². The van der Waals surface area contributed by atoms with Gasteiger partial charge in [-0.15, -0.1) is 0 Å². The summed E-state index contributed by atoms with van der Waals surface area (Å²) < 4.78 is 5.47. The molecule has 96 valence electrons. The third-order valence-corrected chi connectivity index (χ3v) is 3.61. The number of hydrogen-bond acceptors (Lipinski definition) is 2. The molecule has 0 aromatic heterocycles. The van der Waals surface area contributed by atoms with Crippen LogP contribution in [0.3, 0.4) is 0 Å². The Bertz CT molecular complexity index is 360. The van der Waals surface area contributed by atoms with Gasteiger partial charge >= 0.3 is 0 Å². The van der Waals surface area contributed by atoms with Crippen LogP contribution >= 0.6 is 0 Å². The van der Waals surface area contributed by atoms with Gasteiger partial charge < -0.3 is 10.1 Å². The Balaban J connectivity index is 3.14. The summed E-state index contributed by atoms with van der Waals surface area (Å²) in [5.41, 5.74) is 2.54. The Labute approximate surface area is 105 Å². The Hall–Kier alpha value is -1.02. The standard InChI is InChI=1S/C15H25NO/c1-10(2)12(4)15(16-5)13-9-11(3)7-8-14(13)17-6/h7-10,12,15-16H,1-6H3. The highest BCUT2D eigenvalue weighted by molar-refractivity contribution is 5.39. The third kappa shape index (κ3) is 3.22. The molecule has 2 nitrogen and oxygen atoms in total. The van der Waals surface area contributed by atoms with Gasteiger partial charge in [0.15, 0.2) is 0 Å². The largest absolute Gasteiger partial charge is 0.496 e. The van der Waals surface area contributed by atoms with E-state index >= 15 is 0 Å². The Kier molecular flexibility index (Phi) is 5.01. The zero-order valence-electron chi connectivity index (χ0n) is 11.9. The molecule has 17 heavy (non-hydrogen) atoms. The van der Waals surface area contributed by atoms with Gasteiger partial charge in [-0.1, -0.05) is 38.5 Å². The maximum absolute atomic E-state index is 5.47. The predicted molar refractivity (Wildman–Crippen MR) is 73.5 cm³/mol. The summed E-state index contributed by atoms with van der Waals surface area (Å²) in [5, 5.41) is 3.42. The molecule has 0 aliphatic carbocycles. The lowest BCUT2D eigenvalue weighted by Crippen LogP contribution is -2.27. The van der Waals surface area contributed by atoms with Crippen LogP contribution in [0.1, 0.15) is 37.9 Å². The van der Waals surface area contributed by atoms with E-state index in [2.05, 4.69) is 51.2 Å². The monoisotopic (exact) mass is 235 g/mol. The molecule has 0 saturated carbocycles. The number of nitrogens with one attached hydrogen (secondary N) is 1. The van der Waals surface area contributed by atoms with Crippen LogP contribution in [0.2, 0.25) is 0 Å². The predicted octanol–water partition coefficient (Wildman–Crippen LogP) is 3.56. The molecule has 1 N–H and O–H groups in total. The van der Waals surface area contributed by atoms with Gasteiger partial charge in [-0.3, -0.25) is 0 Å². The topological polar surface area (TPSA) is 21.3 Å². The van der Waals surface area contributed by atoms with Gasteiger partial charge in [0.1, 0.15) is 5.75 Å². The van der Waals surface area contributed by atoms with Gasteiger partial charge in [-0.2, -0.15) is 0 Å². The second-order valence-corrected chi connectivity index (χ2v) is 5.11. The van der Waals surface area contributed by atoms with E-state index in [1.165, 1.54) is 11.1 Å². The van der Waals surface area contributed by atoms with Crippen molar-refractivity contribution in [3.05, 3.63) is 29.3 Å². The first-order chi connectivity index (χ1) is 8.01. The number of benzene rings is 1. The molecule has 0 saturated heterocycles. The highest BCUT2D eigenvalue weighted by Gasteiger charge is 2.23. The number of methoxy groups -OCH3 is 1. The first-order valence-electron chi connectivity index (χ1n) is 6.33. The van der Waals surface area contributed by atoms with Gasteiger partial charge in [-0.25, -0.2) is 0 Å². The molecule has 0 bridgehead atoms. The molecule has 0 radical (unpaired) electrons. The fourth-order valence-electron chi connectivity index (χ4n) is 2.18. The molecule has 2 unspecified atom stereocenters. The van der Waals surface area contributed by atoms with Crippen LogP contribution in [0.15, 0.2) is 18.2 Å². The zero-order valence-corrected chi connectivity index (χ0v) is 11.9. The minimum Gasteiger partial charge on any atom is -0.496 e. The molecule has 0 aliphatic rings. The number of aryl methyl sites for hydroxylation is 1. The van der Waals surface area contributed by atoms with Gasteiger partial charge in [-0.05, 0) is 31.9 Å². The van der Waals surface area contributed by atoms with Crippen LogP contribution in [-0.2, 0) is 0 Å². The van der Waals surface area contributed by atoms with E-state index in [0.29, 0.717) is 17.9 Å². The van der Waals surface area contributed by atoms with Crippen LogP contribution in [0.25, 0.3) is 0 Å². The van der Waals surface area contributed by atoms with Crippen LogP contribution in [0, 0.1) is 18.8 Å². The van der Waals surface area contributed by atoms with Crippen LogP contribution in [-0.4, -0.2) is 14.2 Å². The van der Waals surface area contributed by atoms with Crippen molar-refractivity contribution in [2.75, 3.05) is 14.2 Å². The highest BCUT2D eigenvalue weighted by Crippen LogP contribution is 2.33. The van der Waals surface area contributed by atoms with E-state index in [9.17, 15) is 0 Å². The second-order valence-electron chi connectivity index (χ2n) is 5.11. The van der Waals surface area contributed by atoms with Gasteiger partial charge in [0, 0.05) is 11.6 Å². The summed E-state index contributed by atoms with van der Waals surface area (Å²) in [4.78, 5) is 0. The molecule has 0 amide bonds. The molecule has 0 fully saturated rings. The highest BCUT2D eigenvalue weighted by atomic mass is 16.5. The summed E-state index contributed by atoms with van der Waals surface area (Å²) in [5.74, 6) is 2.18. The molecule has 0 aliphatic heterocycles. The van der Waals surface area contributed by atoms with Gasteiger partial charge in [0.25, 0.3) is 0 Å². The molecule has 0 heterocycles. The summed E-state index contributed by atoms with van der Waals surface area (Å²) in [7, 11) is 3.76. The molecule has 1 aromatic rings. The van der Waals surface area contributed by atoms with E-state index in [1.54, 1.807) is 7.11 Å². The third-order valence-electron chi connectivity index (χ3n) is 3.61. The van der Waals surface area contributed by atoms with Crippen molar-refractivity contribution in [3.63, 3.8) is 0 Å². The Morgan fingerprint density at radius 2 is 1.82 bits per heavy atom. The fourth-order valence-corrected chi connectivity index (χ4v) is 2.18. The molecule has 0 spiro atoms. The van der Waals surface area contributed by atoms with E-state index in [-0.39, 0.29) is 0 Å². The lowest BCUT2D eigenvalue weighted by molar-refractivity contribution is 0.306. The maximum Gasteiger partial charge on any atom is 0.123 e. The van der Waals surface area contributed by atoms with Crippen LogP contribution < -0.4 is 10.1 Å². The van der Waals surface area contributed by atoms with Crippen LogP contribution in [0.5, 0.6) is 5.75 Å². The Morgan fingerprint density at radius 1 is 1.18 bits per heavy atom. The quantitative estimate of drug-likeness (QED) is 0.842. The number of ether oxygens (including phenoxy) is 1. The lowest BCUT2D eigenvalue weighted by Gasteiger charge is -2.28. The average molecular weight is 235 g/mol. The first kappa shape index (κ1) is 14.0. The van der Waals surface area contributed by atoms with Crippen molar-refractivity contribution >= 4 is 0 Å². The smallest absolute Gasteiger partial charge is 0.123 e. The summed E-state index contributed by atoms with van der Waals surface area (Å²) >= 11 is 0. The minimum absolute atomic E-state index is 0.338. The summed E-state index contributed by atoms with van der Waals surface area (Å²) in [6.07, 6.45) is 0. The summed E-state index contributed by atoms with van der Waals surface area (Å²) in [6.45, 7) is 8.93. The molecular weight excluding hydrogens is 210 g/mol.